The summed E-state index contributed by atoms with van der Waals surface area (Å²) >= 11 is 0. The fourth-order valence-corrected chi connectivity index (χ4v) is 1.28. The van der Waals surface area contributed by atoms with Crippen LogP contribution in [0.4, 0.5) is 0 Å². The summed E-state index contributed by atoms with van der Waals surface area (Å²) in [6.07, 6.45) is 3.99. The van der Waals surface area contributed by atoms with E-state index in [1.807, 2.05) is 19.2 Å². The van der Waals surface area contributed by atoms with Gasteiger partial charge in [0.25, 0.3) is 0 Å². The molecule has 66 valence electrons. The van der Waals surface area contributed by atoms with Crippen LogP contribution in [0.25, 0.3) is 0 Å². The maximum atomic E-state index is 5.95. The first-order valence-corrected chi connectivity index (χ1v) is 4.42. The molecule has 1 heterocycles. The second-order valence-electron chi connectivity index (χ2n) is 3.13. The Bertz CT molecular complexity index is 245. The zero-order valence-electron chi connectivity index (χ0n) is 7.75. The molecule has 1 aromatic heterocycles. The molecule has 0 radical (unpaired) electrons. The van der Waals surface area contributed by atoms with Crippen molar-refractivity contribution in [3.05, 3.63) is 29.6 Å². The number of aryl methyl sites for hydroxylation is 1. The van der Waals surface area contributed by atoms with Gasteiger partial charge in [-0.05, 0) is 31.0 Å². The molecular weight excluding hydrogens is 148 g/mol. The molecule has 0 aliphatic heterocycles. The Balaban J connectivity index is 2.73. The van der Waals surface area contributed by atoms with Gasteiger partial charge in [0.1, 0.15) is 0 Å². The third kappa shape index (κ3) is 2.31. The lowest BCUT2D eigenvalue weighted by molar-refractivity contribution is 0.637. The van der Waals surface area contributed by atoms with Gasteiger partial charge in [0.2, 0.25) is 0 Å². The molecule has 1 atom stereocenters. The number of aromatic nitrogens is 1. The van der Waals surface area contributed by atoms with Crippen molar-refractivity contribution in [3.63, 3.8) is 0 Å². The van der Waals surface area contributed by atoms with Gasteiger partial charge in [-0.1, -0.05) is 13.3 Å². The summed E-state index contributed by atoms with van der Waals surface area (Å²) in [5.74, 6) is 0. The van der Waals surface area contributed by atoms with Crippen LogP contribution < -0.4 is 5.73 Å². The largest absolute Gasteiger partial charge is 0.324 e. The molecule has 2 N–H and O–H groups in total. The van der Waals surface area contributed by atoms with E-state index < -0.39 is 0 Å². The van der Waals surface area contributed by atoms with Crippen LogP contribution >= 0.6 is 0 Å². The van der Waals surface area contributed by atoms with Crippen LogP contribution in [0.15, 0.2) is 18.3 Å². The van der Waals surface area contributed by atoms with E-state index >= 15 is 0 Å². The van der Waals surface area contributed by atoms with Crippen LogP contribution in [-0.4, -0.2) is 4.98 Å². The van der Waals surface area contributed by atoms with Crippen LogP contribution in [-0.2, 0) is 0 Å². The number of hydrogen-bond donors (Lipinski definition) is 1. The Labute approximate surface area is 73.8 Å². The summed E-state index contributed by atoms with van der Waals surface area (Å²) in [5.41, 5.74) is 8.19. The molecule has 0 saturated heterocycles. The zero-order chi connectivity index (χ0) is 8.97. The van der Waals surface area contributed by atoms with Gasteiger partial charge in [0.15, 0.2) is 0 Å². The molecule has 1 rings (SSSR count). The summed E-state index contributed by atoms with van der Waals surface area (Å²) < 4.78 is 0. The highest BCUT2D eigenvalue weighted by Gasteiger charge is 2.03. The SMILES string of the molecule is CCC[C@H](N)c1ccnc(C)c1. The Morgan fingerprint density at radius 2 is 2.33 bits per heavy atom. The minimum absolute atomic E-state index is 0.177. The fraction of sp³-hybridized carbons (Fsp3) is 0.500. The lowest BCUT2D eigenvalue weighted by atomic mass is 10.0. The third-order valence-corrected chi connectivity index (χ3v) is 1.95. The van der Waals surface area contributed by atoms with Crippen molar-refractivity contribution < 1.29 is 0 Å². The van der Waals surface area contributed by atoms with Crippen LogP contribution in [0.1, 0.15) is 37.1 Å². The predicted molar refractivity (Wildman–Crippen MR) is 50.8 cm³/mol. The monoisotopic (exact) mass is 164 g/mol. The molecule has 12 heavy (non-hydrogen) atoms. The second kappa shape index (κ2) is 4.21. The molecule has 1 aromatic rings. The molecule has 0 fully saturated rings. The molecule has 0 saturated carbocycles. The van der Waals surface area contributed by atoms with Crippen LogP contribution in [0.3, 0.4) is 0 Å². The van der Waals surface area contributed by atoms with Gasteiger partial charge < -0.3 is 5.73 Å². The van der Waals surface area contributed by atoms with E-state index in [-0.39, 0.29) is 6.04 Å². The molecule has 0 aliphatic rings. The van der Waals surface area contributed by atoms with Crippen LogP contribution in [0, 0.1) is 6.92 Å². The summed E-state index contributed by atoms with van der Waals surface area (Å²) in [6.45, 7) is 4.13. The summed E-state index contributed by atoms with van der Waals surface area (Å²) in [5, 5.41) is 0. The standard InChI is InChI=1S/C10H16N2/c1-3-4-10(11)9-5-6-12-8(2)7-9/h5-7,10H,3-4,11H2,1-2H3/t10-/m0/s1. The Morgan fingerprint density at radius 1 is 1.58 bits per heavy atom. The minimum Gasteiger partial charge on any atom is -0.324 e. The quantitative estimate of drug-likeness (QED) is 0.743. The topological polar surface area (TPSA) is 38.9 Å². The molecular formula is C10H16N2. The molecule has 2 heteroatoms. The molecule has 0 unspecified atom stereocenters. The van der Waals surface area contributed by atoms with Gasteiger partial charge >= 0.3 is 0 Å². The average molecular weight is 164 g/mol. The Hall–Kier alpha value is -0.890. The molecule has 0 amide bonds. The van der Waals surface area contributed by atoms with Crippen molar-refractivity contribution in [2.24, 2.45) is 5.73 Å². The summed E-state index contributed by atoms with van der Waals surface area (Å²) in [6, 6.07) is 4.23. The van der Waals surface area contributed by atoms with Crippen molar-refractivity contribution >= 4 is 0 Å². The number of pyridine rings is 1. The maximum Gasteiger partial charge on any atom is 0.0375 e. The number of nitrogens with zero attached hydrogens (tertiary/aromatic N) is 1. The van der Waals surface area contributed by atoms with E-state index in [0.29, 0.717) is 0 Å². The van der Waals surface area contributed by atoms with Crippen LogP contribution in [0.5, 0.6) is 0 Å². The van der Waals surface area contributed by atoms with Gasteiger partial charge in [-0.2, -0.15) is 0 Å². The van der Waals surface area contributed by atoms with Gasteiger partial charge in [0, 0.05) is 17.9 Å². The predicted octanol–water partition coefficient (Wildman–Crippen LogP) is 2.19. The van der Waals surface area contributed by atoms with Crippen molar-refractivity contribution in [3.8, 4) is 0 Å². The van der Waals surface area contributed by atoms with Crippen molar-refractivity contribution in [1.82, 2.24) is 4.98 Å². The first kappa shape index (κ1) is 9.20. The Kier molecular flexibility index (Phi) is 3.23. The van der Waals surface area contributed by atoms with Crippen LogP contribution in [0.2, 0.25) is 0 Å². The first-order valence-electron chi connectivity index (χ1n) is 4.42. The zero-order valence-corrected chi connectivity index (χ0v) is 7.75. The van der Waals surface area contributed by atoms with E-state index in [1.165, 1.54) is 5.56 Å². The molecule has 0 bridgehead atoms. The normalized spacial score (nSPS) is 12.9. The highest BCUT2D eigenvalue weighted by Crippen LogP contribution is 2.14. The molecule has 2 nitrogen and oxygen atoms in total. The minimum atomic E-state index is 0.177. The molecule has 0 aromatic carbocycles. The van der Waals surface area contributed by atoms with Gasteiger partial charge in [-0.25, -0.2) is 0 Å². The summed E-state index contributed by atoms with van der Waals surface area (Å²) in [4.78, 5) is 4.13. The number of hydrogen-bond acceptors (Lipinski definition) is 2. The van der Waals surface area contributed by atoms with Crippen molar-refractivity contribution in [2.75, 3.05) is 0 Å². The Morgan fingerprint density at radius 3 is 2.92 bits per heavy atom. The third-order valence-electron chi connectivity index (χ3n) is 1.95. The second-order valence-corrected chi connectivity index (χ2v) is 3.13. The van der Waals surface area contributed by atoms with E-state index in [1.54, 1.807) is 0 Å². The molecule has 0 spiro atoms. The van der Waals surface area contributed by atoms with E-state index in [2.05, 4.69) is 18.0 Å². The fourth-order valence-electron chi connectivity index (χ4n) is 1.28. The van der Waals surface area contributed by atoms with Gasteiger partial charge in [-0.3, -0.25) is 4.98 Å². The summed E-state index contributed by atoms with van der Waals surface area (Å²) in [7, 11) is 0. The van der Waals surface area contributed by atoms with Crippen molar-refractivity contribution in [2.45, 2.75) is 32.7 Å². The van der Waals surface area contributed by atoms with Gasteiger partial charge in [-0.15, -0.1) is 0 Å². The van der Waals surface area contributed by atoms with E-state index in [0.717, 1.165) is 18.5 Å². The smallest absolute Gasteiger partial charge is 0.0375 e. The van der Waals surface area contributed by atoms with E-state index in [4.69, 9.17) is 5.73 Å². The lowest BCUT2D eigenvalue weighted by Crippen LogP contribution is -2.09. The average Bonchev–Trinajstić information content (AvgIpc) is 2.05. The lowest BCUT2D eigenvalue weighted by Gasteiger charge is -2.10. The maximum absolute atomic E-state index is 5.95. The van der Waals surface area contributed by atoms with Crippen molar-refractivity contribution in [1.29, 1.82) is 0 Å². The number of rotatable bonds is 3. The first-order chi connectivity index (χ1) is 5.74. The van der Waals surface area contributed by atoms with E-state index in [9.17, 15) is 0 Å². The highest BCUT2D eigenvalue weighted by atomic mass is 14.7. The highest BCUT2D eigenvalue weighted by molar-refractivity contribution is 5.18. The number of nitrogens with two attached hydrogens (primary N) is 1. The van der Waals surface area contributed by atoms with Gasteiger partial charge in [0.05, 0.1) is 0 Å². The molecule has 0 aliphatic carbocycles.